The maximum Gasteiger partial charge on any atom is 0.422 e. The van der Waals surface area contributed by atoms with Crippen LogP contribution in [0.4, 0.5) is 18.9 Å². The van der Waals surface area contributed by atoms with Crippen LogP contribution >= 0.6 is 0 Å². The number of ether oxygens (including phenoxy) is 1. The number of carbonyl (C=O) groups excluding carboxylic acids is 1. The number of nitro groups is 1. The molecule has 0 radical (unpaired) electrons. The molecule has 138 valence electrons. The minimum absolute atomic E-state index is 0.0894. The van der Waals surface area contributed by atoms with E-state index < -0.39 is 40.4 Å². The number of aromatic nitrogens is 1. The highest BCUT2D eigenvalue weighted by Crippen LogP contribution is 2.20. The molecular formula is C15H12F3N3O5. The molecule has 0 bridgehead atoms. The number of hydrogen-bond acceptors (Lipinski definition) is 5. The normalized spacial score (nSPS) is 11.2. The first-order chi connectivity index (χ1) is 12.1. The third-order valence-corrected chi connectivity index (χ3v) is 3.20. The molecule has 2 rings (SSSR count). The molecule has 0 fully saturated rings. The molecule has 1 aromatic heterocycles. The van der Waals surface area contributed by atoms with Gasteiger partial charge in [0.2, 0.25) is 0 Å². The molecule has 11 heteroatoms. The van der Waals surface area contributed by atoms with Crippen LogP contribution in [0.25, 0.3) is 0 Å². The van der Waals surface area contributed by atoms with Crippen molar-refractivity contribution >= 4 is 11.6 Å². The van der Waals surface area contributed by atoms with Gasteiger partial charge in [0.05, 0.1) is 17.7 Å². The first-order valence-electron chi connectivity index (χ1n) is 7.04. The molecule has 0 saturated carbocycles. The number of carbonyl (C=O) groups is 1. The van der Waals surface area contributed by atoms with E-state index >= 15 is 0 Å². The summed E-state index contributed by atoms with van der Waals surface area (Å²) in [5, 5.41) is 10.9. The summed E-state index contributed by atoms with van der Waals surface area (Å²) >= 11 is 0. The van der Waals surface area contributed by atoms with Crippen molar-refractivity contribution in [3.63, 3.8) is 0 Å². The summed E-state index contributed by atoms with van der Waals surface area (Å²) in [7, 11) is 0. The standard InChI is InChI=1S/C15H12F3N3O5/c16-15(17,18)8-26-11-3-1-2-9(4-11)6-20-7-10(21(24)25)5-12(13(19)22)14(20)23/h1-5,7H,6,8H2,(H2,19,22). The van der Waals surface area contributed by atoms with E-state index in [0.717, 1.165) is 16.8 Å². The first kappa shape index (κ1) is 19.0. The molecule has 0 spiro atoms. The fraction of sp³-hybridized carbons (Fsp3) is 0.200. The number of nitrogens with zero attached hydrogens (tertiary/aromatic N) is 2. The van der Waals surface area contributed by atoms with Gasteiger partial charge in [-0.25, -0.2) is 0 Å². The lowest BCUT2D eigenvalue weighted by atomic mass is 10.2. The van der Waals surface area contributed by atoms with E-state index in [1.807, 2.05) is 0 Å². The molecule has 0 atom stereocenters. The van der Waals surface area contributed by atoms with Crippen LogP contribution in [0.1, 0.15) is 15.9 Å². The van der Waals surface area contributed by atoms with Gasteiger partial charge >= 0.3 is 6.18 Å². The van der Waals surface area contributed by atoms with Crippen LogP contribution in [0.15, 0.2) is 41.3 Å². The topological polar surface area (TPSA) is 117 Å². The lowest BCUT2D eigenvalue weighted by molar-refractivity contribution is -0.385. The molecule has 26 heavy (non-hydrogen) atoms. The van der Waals surface area contributed by atoms with Crippen molar-refractivity contribution in [3.05, 3.63) is 68.1 Å². The third kappa shape index (κ3) is 4.82. The Labute approximate surface area is 143 Å². The Morgan fingerprint density at radius 1 is 1.31 bits per heavy atom. The zero-order chi connectivity index (χ0) is 19.5. The Kier molecular flexibility index (Phi) is 5.29. The zero-order valence-corrected chi connectivity index (χ0v) is 13.0. The lowest BCUT2D eigenvalue weighted by Crippen LogP contribution is -2.30. The molecule has 8 nitrogen and oxygen atoms in total. The van der Waals surface area contributed by atoms with Gasteiger partial charge in [-0.1, -0.05) is 12.1 Å². The molecular weight excluding hydrogens is 359 g/mol. The lowest BCUT2D eigenvalue weighted by Gasteiger charge is -2.11. The molecule has 1 heterocycles. The SMILES string of the molecule is NC(=O)c1cc([N+](=O)[O-])cn(Cc2cccc(OCC(F)(F)F)c2)c1=O. The van der Waals surface area contributed by atoms with Crippen LogP contribution < -0.4 is 16.0 Å². The Morgan fingerprint density at radius 3 is 2.58 bits per heavy atom. The van der Waals surface area contributed by atoms with Crippen LogP contribution in [0.3, 0.4) is 0 Å². The maximum atomic E-state index is 12.2. The van der Waals surface area contributed by atoms with Gasteiger partial charge in [-0.15, -0.1) is 0 Å². The number of primary amides is 1. The predicted molar refractivity (Wildman–Crippen MR) is 83.0 cm³/mol. The van der Waals surface area contributed by atoms with Crippen LogP contribution in [0.5, 0.6) is 5.75 Å². The molecule has 1 amide bonds. The van der Waals surface area contributed by atoms with E-state index in [2.05, 4.69) is 4.74 Å². The summed E-state index contributed by atoms with van der Waals surface area (Å²) in [5.74, 6) is -1.22. The largest absolute Gasteiger partial charge is 0.484 e. The Morgan fingerprint density at radius 2 is 2.00 bits per heavy atom. The summed E-state index contributed by atoms with van der Waals surface area (Å²) < 4.78 is 42.1. The number of alkyl halides is 3. The second-order valence-electron chi connectivity index (χ2n) is 5.22. The van der Waals surface area contributed by atoms with Gasteiger partial charge in [0, 0.05) is 6.07 Å². The Bertz CT molecular complexity index is 908. The van der Waals surface area contributed by atoms with Crippen LogP contribution in [0, 0.1) is 10.1 Å². The van der Waals surface area contributed by atoms with Crippen molar-refractivity contribution in [2.75, 3.05) is 6.61 Å². The Hall–Kier alpha value is -3.37. The highest BCUT2D eigenvalue weighted by molar-refractivity contribution is 5.92. The second-order valence-corrected chi connectivity index (χ2v) is 5.22. The van der Waals surface area contributed by atoms with E-state index in [9.17, 15) is 32.9 Å². The minimum Gasteiger partial charge on any atom is -0.484 e. The number of amides is 1. The average Bonchev–Trinajstić information content (AvgIpc) is 2.54. The number of rotatable bonds is 6. The van der Waals surface area contributed by atoms with Crippen molar-refractivity contribution < 1.29 is 27.6 Å². The summed E-state index contributed by atoms with van der Waals surface area (Å²) in [6, 6.07) is 6.19. The van der Waals surface area contributed by atoms with Gasteiger partial charge in [-0.3, -0.25) is 19.7 Å². The molecule has 2 aromatic rings. The number of halogens is 3. The number of pyridine rings is 1. The molecule has 0 aliphatic heterocycles. The van der Waals surface area contributed by atoms with Gasteiger partial charge in [0.15, 0.2) is 6.61 Å². The van der Waals surface area contributed by atoms with Gasteiger partial charge in [-0.05, 0) is 17.7 Å². The minimum atomic E-state index is -4.51. The third-order valence-electron chi connectivity index (χ3n) is 3.20. The van der Waals surface area contributed by atoms with Crippen molar-refractivity contribution in [2.24, 2.45) is 5.73 Å². The van der Waals surface area contributed by atoms with Crippen molar-refractivity contribution in [1.82, 2.24) is 4.57 Å². The summed E-state index contributed by atoms with van der Waals surface area (Å²) in [6.45, 7) is -1.72. The molecule has 0 saturated heterocycles. The fourth-order valence-corrected chi connectivity index (χ4v) is 2.11. The Balaban J connectivity index is 2.35. The van der Waals surface area contributed by atoms with Gasteiger partial charge < -0.3 is 15.0 Å². The van der Waals surface area contributed by atoms with E-state index in [1.54, 1.807) is 0 Å². The van der Waals surface area contributed by atoms with E-state index in [-0.39, 0.29) is 12.3 Å². The van der Waals surface area contributed by atoms with Gasteiger partial charge in [0.1, 0.15) is 11.3 Å². The average molecular weight is 371 g/mol. The second kappa shape index (κ2) is 7.25. The number of nitrogens with two attached hydrogens (primary N) is 1. The molecule has 2 N–H and O–H groups in total. The first-order valence-corrected chi connectivity index (χ1v) is 7.04. The van der Waals surface area contributed by atoms with Crippen molar-refractivity contribution in [2.45, 2.75) is 12.7 Å². The van der Waals surface area contributed by atoms with Gasteiger partial charge in [-0.2, -0.15) is 13.2 Å². The predicted octanol–water partition coefficient (Wildman–Crippen LogP) is 1.84. The maximum absolute atomic E-state index is 12.2. The van der Waals surface area contributed by atoms with E-state index in [1.165, 1.54) is 24.3 Å². The summed E-state index contributed by atoms with van der Waals surface area (Å²) in [4.78, 5) is 33.6. The quantitative estimate of drug-likeness (QED) is 0.614. The smallest absolute Gasteiger partial charge is 0.422 e. The number of benzene rings is 1. The zero-order valence-electron chi connectivity index (χ0n) is 13.0. The molecule has 1 aromatic carbocycles. The van der Waals surface area contributed by atoms with E-state index in [4.69, 9.17) is 5.73 Å². The highest BCUT2D eigenvalue weighted by atomic mass is 19.4. The number of hydrogen-bond donors (Lipinski definition) is 1. The van der Waals surface area contributed by atoms with Crippen LogP contribution in [0.2, 0.25) is 0 Å². The molecule has 0 aliphatic carbocycles. The van der Waals surface area contributed by atoms with Gasteiger partial charge in [0.25, 0.3) is 17.2 Å². The van der Waals surface area contributed by atoms with Crippen LogP contribution in [-0.2, 0) is 6.54 Å². The van der Waals surface area contributed by atoms with Crippen molar-refractivity contribution in [1.29, 1.82) is 0 Å². The summed E-state index contributed by atoms with van der Waals surface area (Å²) in [6.07, 6.45) is -3.60. The summed E-state index contributed by atoms with van der Waals surface area (Å²) in [5.41, 5.74) is 3.44. The molecule has 0 unspecified atom stereocenters. The van der Waals surface area contributed by atoms with Crippen LogP contribution in [-0.4, -0.2) is 28.2 Å². The fourth-order valence-electron chi connectivity index (χ4n) is 2.11. The molecule has 0 aliphatic rings. The van der Waals surface area contributed by atoms with Crippen molar-refractivity contribution in [3.8, 4) is 5.75 Å². The van der Waals surface area contributed by atoms with E-state index in [0.29, 0.717) is 5.56 Å². The monoisotopic (exact) mass is 371 g/mol. The highest BCUT2D eigenvalue weighted by Gasteiger charge is 2.28.